The first-order valence-electron chi connectivity index (χ1n) is 6.54. The third-order valence-corrected chi connectivity index (χ3v) is 4.02. The van der Waals surface area contributed by atoms with Gasteiger partial charge in [-0.05, 0) is 43.9 Å². The molecule has 0 aliphatic heterocycles. The standard InChI is InChI=1S/C14H18BrNO3/c15-10-5-6-13(18)12(9-10)14(19)16(7-2-8-17)11-3-1-4-11/h5-6,9,11,17-18H,1-4,7-8H2. The number of hydrogen-bond acceptors (Lipinski definition) is 3. The lowest BCUT2D eigenvalue weighted by molar-refractivity contribution is 0.0559. The lowest BCUT2D eigenvalue weighted by Crippen LogP contribution is -2.45. The fraction of sp³-hybridized carbons (Fsp3) is 0.500. The number of phenolic OH excluding ortho intramolecular Hbond substituents is 1. The van der Waals surface area contributed by atoms with E-state index in [1.54, 1.807) is 17.0 Å². The zero-order chi connectivity index (χ0) is 13.8. The van der Waals surface area contributed by atoms with Gasteiger partial charge in [-0.2, -0.15) is 0 Å². The molecular weight excluding hydrogens is 310 g/mol. The number of nitrogens with zero attached hydrogens (tertiary/aromatic N) is 1. The smallest absolute Gasteiger partial charge is 0.257 e. The van der Waals surface area contributed by atoms with E-state index in [9.17, 15) is 9.90 Å². The SMILES string of the molecule is O=C(c1cc(Br)ccc1O)N(CCCO)C1CCC1. The molecular formula is C14H18BrNO3. The van der Waals surface area contributed by atoms with Crippen molar-refractivity contribution in [2.75, 3.05) is 13.2 Å². The summed E-state index contributed by atoms with van der Waals surface area (Å²) in [6.45, 7) is 0.604. The highest BCUT2D eigenvalue weighted by Gasteiger charge is 2.30. The largest absolute Gasteiger partial charge is 0.507 e. The number of aliphatic hydroxyl groups is 1. The summed E-state index contributed by atoms with van der Waals surface area (Å²) in [6.07, 6.45) is 3.72. The van der Waals surface area contributed by atoms with Crippen molar-refractivity contribution in [1.82, 2.24) is 4.90 Å². The number of carbonyl (C=O) groups excluding carboxylic acids is 1. The van der Waals surface area contributed by atoms with Crippen LogP contribution in [0.25, 0.3) is 0 Å². The molecule has 19 heavy (non-hydrogen) atoms. The second kappa shape index (κ2) is 6.39. The van der Waals surface area contributed by atoms with Gasteiger partial charge in [-0.15, -0.1) is 0 Å². The van der Waals surface area contributed by atoms with Crippen LogP contribution in [-0.4, -0.2) is 40.2 Å². The van der Waals surface area contributed by atoms with Crippen LogP contribution < -0.4 is 0 Å². The maximum Gasteiger partial charge on any atom is 0.257 e. The number of benzene rings is 1. The van der Waals surface area contributed by atoms with E-state index in [-0.39, 0.29) is 24.3 Å². The Hall–Kier alpha value is -1.07. The Balaban J connectivity index is 2.19. The number of amides is 1. The van der Waals surface area contributed by atoms with Crippen LogP contribution in [0.1, 0.15) is 36.0 Å². The normalized spacial score (nSPS) is 15.1. The Morgan fingerprint density at radius 2 is 2.16 bits per heavy atom. The fourth-order valence-electron chi connectivity index (χ4n) is 2.22. The number of halogens is 1. The van der Waals surface area contributed by atoms with Crippen LogP contribution in [0.3, 0.4) is 0 Å². The molecule has 0 saturated heterocycles. The van der Waals surface area contributed by atoms with Crippen LogP contribution in [0.2, 0.25) is 0 Å². The first-order valence-corrected chi connectivity index (χ1v) is 7.33. The molecule has 1 fully saturated rings. The molecule has 1 saturated carbocycles. The van der Waals surface area contributed by atoms with Crippen LogP contribution in [0.15, 0.2) is 22.7 Å². The van der Waals surface area contributed by atoms with E-state index >= 15 is 0 Å². The van der Waals surface area contributed by atoms with Crippen molar-refractivity contribution >= 4 is 21.8 Å². The molecule has 104 valence electrons. The van der Waals surface area contributed by atoms with Gasteiger partial charge in [0.1, 0.15) is 5.75 Å². The molecule has 2 rings (SSSR count). The van der Waals surface area contributed by atoms with Crippen LogP contribution in [-0.2, 0) is 0 Å². The molecule has 1 aliphatic rings. The number of aliphatic hydroxyl groups excluding tert-OH is 1. The van der Waals surface area contributed by atoms with E-state index in [0.29, 0.717) is 18.5 Å². The lowest BCUT2D eigenvalue weighted by Gasteiger charge is -2.37. The van der Waals surface area contributed by atoms with Crippen LogP contribution in [0, 0.1) is 0 Å². The van der Waals surface area contributed by atoms with Crippen molar-refractivity contribution in [1.29, 1.82) is 0 Å². The fourth-order valence-corrected chi connectivity index (χ4v) is 2.58. The Labute approximate surface area is 121 Å². The Morgan fingerprint density at radius 1 is 1.42 bits per heavy atom. The Morgan fingerprint density at radius 3 is 2.74 bits per heavy atom. The molecule has 1 aromatic carbocycles. The minimum Gasteiger partial charge on any atom is -0.507 e. The van der Waals surface area contributed by atoms with E-state index in [0.717, 1.165) is 23.7 Å². The van der Waals surface area contributed by atoms with Gasteiger partial charge in [0.05, 0.1) is 5.56 Å². The maximum atomic E-state index is 12.5. The van der Waals surface area contributed by atoms with Crippen molar-refractivity contribution in [3.05, 3.63) is 28.2 Å². The molecule has 0 bridgehead atoms. The van der Waals surface area contributed by atoms with E-state index < -0.39 is 0 Å². The molecule has 1 aliphatic carbocycles. The molecule has 1 aromatic rings. The van der Waals surface area contributed by atoms with Gasteiger partial charge in [-0.3, -0.25) is 4.79 Å². The van der Waals surface area contributed by atoms with Crippen molar-refractivity contribution < 1.29 is 15.0 Å². The highest BCUT2D eigenvalue weighted by molar-refractivity contribution is 9.10. The quantitative estimate of drug-likeness (QED) is 0.873. The third kappa shape index (κ3) is 3.28. The van der Waals surface area contributed by atoms with Gasteiger partial charge in [0.25, 0.3) is 5.91 Å². The maximum absolute atomic E-state index is 12.5. The lowest BCUT2D eigenvalue weighted by atomic mass is 9.90. The number of rotatable bonds is 5. The average molecular weight is 328 g/mol. The number of hydrogen-bond donors (Lipinski definition) is 2. The first kappa shape index (κ1) is 14.3. The zero-order valence-corrected chi connectivity index (χ0v) is 12.3. The molecule has 1 amide bonds. The van der Waals surface area contributed by atoms with Crippen molar-refractivity contribution in [3.8, 4) is 5.75 Å². The summed E-state index contributed by atoms with van der Waals surface area (Å²) in [5.74, 6) is -0.154. The minimum atomic E-state index is -0.156. The summed E-state index contributed by atoms with van der Waals surface area (Å²) in [4.78, 5) is 14.3. The molecule has 0 aromatic heterocycles. The molecule has 5 heteroatoms. The van der Waals surface area contributed by atoms with Crippen LogP contribution >= 0.6 is 15.9 Å². The van der Waals surface area contributed by atoms with Gasteiger partial charge in [0.15, 0.2) is 0 Å². The molecule has 0 atom stereocenters. The molecule has 0 heterocycles. The second-order valence-electron chi connectivity index (χ2n) is 4.82. The predicted molar refractivity (Wildman–Crippen MR) is 76.2 cm³/mol. The van der Waals surface area contributed by atoms with E-state index in [1.165, 1.54) is 6.07 Å². The molecule has 0 radical (unpaired) electrons. The van der Waals surface area contributed by atoms with Crippen LogP contribution in [0.5, 0.6) is 5.75 Å². The summed E-state index contributed by atoms with van der Waals surface area (Å²) in [6, 6.07) is 5.11. The second-order valence-corrected chi connectivity index (χ2v) is 5.74. The number of phenols is 1. The number of carbonyl (C=O) groups is 1. The molecule has 0 unspecified atom stereocenters. The van der Waals surface area contributed by atoms with Gasteiger partial charge >= 0.3 is 0 Å². The summed E-state index contributed by atoms with van der Waals surface area (Å²) < 4.78 is 0.768. The average Bonchev–Trinajstić information content (AvgIpc) is 2.34. The highest BCUT2D eigenvalue weighted by atomic mass is 79.9. The Bertz CT molecular complexity index is 460. The van der Waals surface area contributed by atoms with Crippen molar-refractivity contribution in [2.45, 2.75) is 31.7 Å². The Kier molecular flexibility index (Phi) is 4.82. The summed E-state index contributed by atoms with van der Waals surface area (Å²) in [7, 11) is 0. The van der Waals surface area contributed by atoms with Crippen molar-refractivity contribution in [3.63, 3.8) is 0 Å². The summed E-state index contributed by atoms with van der Waals surface area (Å²) >= 11 is 3.31. The van der Waals surface area contributed by atoms with Gasteiger partial charge in [-0.1, -0.05) is 15.9 Å². The zero-order valence-electron chi connectivity index (χ0n) is 10.7. The van der Waals surface area contributed by atoms with Gasteiger partial charge in [0.2, 0.25) is 0 Å². The van der Waals surface area contributed by atoms with Gasteiger partial charge < -0.3 is 15.1 Å². The molecule has 4 nitrogen and oxygen atoms in total. The van der Waals surface area contributed by atoms with Crippen LogP contribution in [0.4, 0.5) is 0 Å². The topological polar surface area (TPSA) is 60.8 Å². The summed E-state index contributed by atoms with van der Waals surface area (Å²) in [5.41, 5.74) is 0.319. The minimum absolute atomic E-state index is 0.00141. The third-order valence-electron chi connectivity index (χ3n) is 3.52. The highest BCUT2D eigenvalue weighted by Crippen LogP contribution is 2.29. The van der Waals surface area contributed by atoms with Gasteiger partial charge in [0, 0.05) is 23.7 Å². The van der Waals surface area contributed by atoms with E-state index in [2.05, 4.69) is 15.9 Å². The molecule has 0 spiro atoms. The predicted octanol–water partition coefficient (Wildman–Crippen LogP) is 2.53. The van der Waals surface area contributed by atoms with E-state index in [1.807, 2.05) is 0 Å². The first-order chi connectivity index (χ1) is 9.13. The number of aromatic hydroxyl groups is 1. The van der Waals surface area contributed by atoms with Crippen molar-refractivity contribution in [2.24, 2.45) is 0 Å². The summed E-state index contributed by atoms with van der Waals surface area (Å²) in [5, 5.41) is 18.8. The van der Waals surface area contributed by atoms with E-state index in [4.69, 9.17) is 5.11 Å². The molecule has 2 N–H and O–H groups in total. The monoisotopic (exact) mass is 327 g/mol. The van der Waals surface area contributed by atoms with Gasteiger partial charge in [-0.25, -0.2) is 0 Å².